The smallest absolute Gasteiger partial charge is 0.238 e. The molecule has 0 bridgehead atoms. The monoisotopic (exact) mass is 471 g/mol. The summed E-state index contributed by atoms with van der Waals surface area (Å²) < 4.78 is 0.947. The van der Waals surface area contributed by atoms with Crippen molar-refractivity contribution < 1.29 is 9.59 Å². The molecule has 2 rings (SSSR count). The number of amides is 2. The highest BCUT2D eigenvalue weighted by Gasteiger charge is 2.16. The van der Waals surface area contributed by atoms with E-state index in [4.69, 9.17) is 23.2 Å². The van der Waals surface area contributed by atoms with Gasteiger partial charge in [-0.2, -0.15) is 0 Å². The van der Waals surface area contributed by atoms with E-state index in [0.29, 0.717) is 22.3 Å². The first-order valence-corrected chi connectivity index (χ1v) is 9.87. The molecule has 144 valence electrons. The summed E-state index contributed by atoms with van der Waals surface area (Å²) in [6, 6.07) is 10.6. The van der Waals surface area contributed by atoms with Gasteiger partial charge < -0.3 is 10.6 Å². The Kier molecular flexibility index (Phi) is 8.10. The molecule has 0 fully saturated rings. The van der Waals surface area contributed by atoms with E-state index in [0.717, 1.165) is 15.7 Å². The van der Waals surface area contributed by atoms with Crippen LogP contribution in [0.5, 0.6) is 0 Å². The average Bonchev–Trinajstić information content (AvgIpc) is 2.60. The van der Waals surface area contributed by atoms with Crippen molar-refractivity contribution in [3.05, 3.63) is 56.5 Å². The molecule has 2 N–H and O–H groups in total. The van der Waals surface area contributed by atoms with Crippen molar-refractivity contribution >= 4 is 62.3 Å². The second-order valence-electron chi connectivity index (χ2n) is 5.96. The van der Waals surface area contributed by atoms with Gasteiger partial charge in [-0.3, -0.25) is 14.5 Å². The molecule has 5 nitrogen and oxygen atoms in total. The van der Waals surface area contributed by atoms with Crippen LogP contribution >= 0.6 is 39.1 Å². The van der Waals surface area contributed by atoms with Crippen LogP contribution in [0.3, 0.4) is 0 Å². The molecule has 0 aliphatic rings. The Bertz CT molecular complexity index is 825. The van der Waals surface area contributed by atoms with Gasteiger partial charge in [-0.1, -0.05) is 52.1 Å². The molecule has 0 saturated carbocycles. The lowest BCUT2D eigenvalue weighted by atomic mass is 10.2. The van der Waals surface area contributed by atoms with Gasteiger partial charge >= 0.3 is 0 Å². The molecule has 0 atom stereocenters. The number of nitrogens with one attached hydrogen (secondary N) is 2. The van der Waals surface area contributed by atoms with Crippen molar-refractivity contribution in [2.45, 2.75) is 13.8 Å². The normalized spacial score (nSPS) is 10.7. The predicted octanol–water partition coefficient (Wildman–Crippen LogP) is 4.96. The van der Waals surface area contributed by atoms with Gasteiger partial charge in [0.25, 0.3) is 0 Å². The van der Waals surface area contributed by atoms with E-state index in [-0.39, 0.29) is 24.9 Å². The maximum atomic E-state index is 12.3. The molecule has 0 heterocycles. The lowest BCUT2D eigenvalue weighted by Crippen LogP contribution is -2.38. The number of carbonyl (C=O) groups excluding carboxylic acids is 2. The molecule has 0 aliphatic heterocycles. The first-order chi connectivity index (χ1) is 12.8. The van der Waals surface area contributed by atoms with Crippen molar-refractivity contribution in [1.82, 2.24) is 4.90 Å². The third-order valence-electron chi connectivity index (χ3n) is 3.87. The zero-order valence-corrected chi connectivity index (χ0v) is 18.1. The highest BCUT2D eigenvalue weighted by Crippen LogP contribution is 2.29. The zero-order valence-electron chi connectivity index (χ0n) is 15.0. The molecule has 8 heteroatoms. The molecule has 2 aromatic rings. The fourth-order valence-corrected chi connectivity index (χ4v) is 3.41. The number of hydrogen-bond donors (Lipinski definition) is 2. The number of nitrogens with zero attached hydrogens (tertiary/aromatic N) is 1. The van der Waals surface area contributed by atoms with E-state index in [1.54, 1.807) is 23.1 Å². The number of carbonyl (C=O) groups is 2. The summed E-state index contributed by atoms with van der Waals surface area (Å²) in [7, 11) is 0. The topological polar surface area (TPSA) is 61.4 Å². The van der Waals surface area contributed by atoms with Gasteiger partial charge in [0.15, 0.2) is 0 Å². The predicted molar refractivity (Wildman–Crippen MR) is 115 cm³/mol. The second kappa shape index (κ2) is 10.1. The van der Waals surface area contributed by atoms with Crippen LogP contribution in [0.1, 0.15) is 12.5 Å². The van der Waals surface area contributed by atoms with Gasteiger partial charge in [0.1, 0.15) is 0 Å². The van der Waals surface area contributed by atoms with Crippen LogP contribution in [0, 0.1) is 6.92 Å². The molecule has 2 amide bonds. The number of likely N-dealkylation sites (N-methyl/N-ethyl adjacent to an activating group) is 1. The number of aryl methyl sites for hydroxylation is 1. The van der Waals surface area contributed by atoms with E-state index < -0.39 is 0 Å². The summed E-state index contributed by atoms with van der Waals surface area (Å²) in [5.41, 5.74) is 2.07. The standard InChI is InChI=1S/C19H20BrCl2N3O2/c1-3-25(10-17(26)23-16-8-7-13(20)9-12(16)2)11-18(27)24-19-14(21)5-4-6-15(19)22/h4-9H,3,10-11H2,1-2H3,(H,23,26)(H,24,27). The van der Waals surface area contributed by atoms with Gasteiger partial charge in [0.2, 0.25) is 11.8 Å². The zero-order chi connectivity index (χ0) is 20.0. The molecule has 0 unspecified atom stereocenters. The van der Waals surface area contributed by atoms with Gasteiger partial charge in [-0.25, -0.2) is 0 Å². The van der Waals surface area contributed by atoms with Gasteiger partial charge in [-0.05, 0) is 49.4 Å². The Labute approximate surface area is 177 Å². The summed E-state index contributed by atoms with van der Waals surface area (Å²) in [5.74, 6) is -0.481. The Morgan fingerprint density at radius 1 is 1.04 bits per heavy atom. The lowest BCUT2D eigenvalue weighted by molar-refractivity contribution is -0.119. The van der Waals surface area contributed by atoms with Gasteiger partial charge in [-0.15, -0.1) is 0 Å². The molecule has 0 spiro atoms. The molecular weight excluding hydrogens is 453 g/mol. The Morgan fingerprint density at radius 3 is 2.19 bits per heavy atom. The number of halogens is 3. The molecule has 0 radical (unpaired) electrons. The Hall–Kier alpha value is -1.60. The SMILES string of the molecule is CCN(CC(=O)Nc1ccc(Br)cc1C)CC(=O)Nc1c(Cl)cccc1Cl. The van der Waals surface area contributed by atoms with E-state index in [9.17, 15) is 9.59 Å². The number of para-hydroxylation sites is 1. The summed E-state index contributed by atoms with van der Waals surface area (Å²) in [6.07, 6.45) is 0. The minimum Gasteiger partial charge on any atom is -0.325 e. The van der Waals surface area contributed by atoms with E-state index in [1.807, 2.05) is 32.0 Å². The second-order valence-corrected chi connectivity index (χ2v) is 7.69. The quantitative estimate of drug-likeness (QED) is 0.598. The first-order valence-electron chi connectivity index (χ1n) is 8.32. The van der Waals surface area contributed by atoms with Crippen molar-refractivity contribution in [3.63, 3.8) is 0 Å². The Balaban J connectivity index is 1.94. The van der Waals surface area contributed by atoms with Gasteiger partial charge in [0.05, 0.1) is 28.8 Å². The minimum atomic E-state index is -0.292. The maximum Gasteiger partial charge on any atom is 0.238 e. The van der Waals surface area contributed by atoms with Crippen molar-refractivity contribution in [1.29, 1.82) is 0 Å². The summed E-state index contributed by atoms with van der Waals surface area (Å²) in [5, 5.41) is 6.29. The van der Waals surface area contributed by atoms with Crippen LogP contribution in [-0.4, -0.2) is 36.3 Å². The van der Waals surface area contributed by atoms with Gasteiger partial charge in [0, 0.05) is 10.2 Å². The molecule has 27 heavy (non-hydrogen) atoms. The van der Waals surface area contributed by atoms with Crippen LogP contribution in [0.4, 0.5) is 11.4 Å². The number of anilines is 2. The average molecular weight is 473 g/mol. The molecule has 0 saturated heterocycles. The highest BCUT2D eigenvalue weighted by molar-refractivity contribution is 9.10. The summed E-state index contributed by atoms with van der Waals surface area (Å²) >= 11 is 15.5. The number of rotatable bonds is 7. The molecule has 0 aliphatic carbocycles. The van der Waals surface area contributed by atoms with Crippen LogP contribution in [0.2, 0.25) is 10.0 Å². The van der Waals surface area contributed by atoms with Crippen LogP contribution in [0.15, 0.2) is 40.9 Å². The number of hydrogen-bond acceptors (Lipinski definition) is 3. The molecule has 2 aromatic carbocycles. The summed E-state index contributed by atoms with van der Waals surface area (Å²) in [4.78, 5) is 26.4. The fourth-order valence-electron chi connectivity index (χ4n) is 2.44. The van der Waals surface area contributed by atoms with Crippen molar-refractivity contribution in [3.8, 4) is 0 Å². The third kappa shape index (κ3) is 6.50. The lowest BCUT2D eigenvalue weighted by Gasteiger charge is -2.20. The van der Waals surface area contributed by atoms with Crippen LogP contribution in [-0.2, 0) is 9.59 Å². The highest BCUT2D eigenvalue weighted by atomic mass is 79.9. The maximum absolute atomic E-state index is 12.3. The third-order valence-corrected chi connectivity index (χ3v) is 4.99. The first kappa shape index (κ1) is 21.7. The van der Waals surface area contributed by atoms with E-state index in [1.165, 1.54) is 0 Å². The Morgan fingerprint density at radius 2 is 1.63 bits per heavy atom. The van der Waals surface area contributed by atoms with E-state index >= 15 is 0 Å². The van der Waals surface area contributed by atoms with Crippen LogP contribution in [0.25, 0.3) is 0 Å². The van der Waals surface area contributed by atoms with Crippen molar-refractivity contribution in [2.75, 3.05) is 30.3 Å². The largest absolute Gasteiger partial charge is 0.325 e. The van der Waals surface area contributed by atoms with Crippen LogP contribution < -0.4 is 10.6 Å². The van der Waals surface area contributed by atoms with Crippen molar-refractivity contribution in [2.24, 2.45) is 0 Å². The summed E-state index contributed by atoms with van der Waals surface area (Å²) in [6.45, 7) is 4.48. The fraction of sp³-hybridized carbons (Fsp3) is 0.263. The number of benzene rings is 2. The molecular formula is C19H20BrCl2N3O2. The van der Waals surface area contributed by atoms with E-state index in [2.05, 4.69) is 26.6 Å². The molecule has 0 aromatic heterocycles. The minimum absolute atomic E-state index is 0.0464.